The number of hydrogen-bond donors (Lipinski definition) is 2. The van der Waals surface area contributed by atoms with Gasteiger partial charge in [0.2, 0.25) is 0 Å². The van der Waals surface area contributed by atoms with E-state index < -0.39 is 5.97 Å². The van der Waals surface area contributed by atoms with E-state index in [1.165, 1.54) is 25.7 Å². The lowest BCUT2D eigenvalue weighted by Gasteiger charge is -2.13. The van der Waals surface area contributed by atoms with Crippen LogP contribution in [0.25, 0.3) is 0 Å². The van der Waals surface area contributed by atoms with Gasteiger partial charge in [0.05, 0.1) is 5.56 Å². The molecule has 1 heterocycles. The molecule has 0 saturated heterocycles. The average Bonchev–Trinajstić information content (AvgIpc) is 3.17. The van der Waals surface area contributed by atoms with Crippen molar-refractivity contribution in [3.8, 4) is 0 Å². The van der Waals surface area contributed by atoms with E-state index in [0.717, 1.165) is 22.5 Å². The van der Waals surface area contributed by atoms with Crippen LogP contribution in [0.2, 0.25) is 5.02 Å². The van der Waals surface area contributed by atoms with Crippen LogP contribution in [-0.4, -0.2) is 21.7 Å². The van der Waals surface area contributed by atoms with Crippen molar-refractivity contribution in [2.75, 3.05) is 0 Å². The third kappa shape index (κ3) is 3.91. The fourth-order valence-electron chi connectivity index (χ4n) is 3.83. The molecular weight excluding hydrogens is 336 g/mol. The Morgan fingerprint density at radius 2 is 1.84 bits per heavy atom. The van der Waals surface area contributed by atoms with E-state index in [4.69, 9.17) is 11.6 Å². The van der Waals surface area contributed by atoms with Crippen molar-refractivity contribution < 1.29 is 9.90 Å². The molecule has 0 radical (unpaired) electrons. The van der Waals surface area contributed by atoms with Crippen LogP contribution in [0.15, 0.2) is 24.3 Å². The SMILES string of the molecule is Cc1c(CNC2CCCC2)c(C(=O)O)c(C)n1Cc1ccc(Cl)cc1. The first kappa shape index (κ1) is 18.0. The van der Waals surface area contributed by atoms with Crippen molar-refractivity contribution in [2.24, 2.45) is 0 Å². The number of nitrogens with zero attached hydrogens (tertiary/aromatic N) is 1. The smallest absolute Gasteiger partial charge is 0.337 e. The molecule has 0 unspecified atom stereocenters. The number of aromatic nitrogens is 1. The first-order valence-electron chi connectivity index (χ1n) is 8.87. The van der Waals surface area contributed by atoms with Crippen LogP contribution >= 0.6 is 11.6 Å². The average molecular weight is 361 g/mol. The summed E-state index contributed by atoms with van der Waals surface area (Å²) < 4.78 is 2.10. The highest BCUT2D eigenvalue weighted by Gasteiger charge is 2.24. The van der Waals surface area contributed by atoms with Gasteiger partial charge in [-0.1, -0.05) is 36.6 Å². The summed E-state index contributed by atoms with van der Waals surface area (Å²) in [6.45, 7) is 5.18. The second-order valence-electron chi connectivity index (χ2n) is 6.90. The summed E-state index contributed by atoms with van der Waals surface area (Å²) in [5, 5.41) is 14.0. The number of hydrogen-bond acceptors (Lipinski definition) is 2. The number of nitrogens with one attached hydrogen (secondary N) is 1. The van der Waals surface area contributed by atoms with Crippen LogP contribution in [0, 0.1) is 13.8 Å². The van der Waals surface area contributed by atoms with Crippen LogP contribution in [-0.2, 0) is 13.1 Å². The first-order valence-corrected chi connectivity index (χ1v) is 9.25. The monoisotopic (exact) mass is 360 g/mol. The highest BCUT2D eigenvalue weighted by Crippen LogP contribution is 2.25. The number of rotatable bonds is 6. The lowest BCUT2D eigenvalue weighted by Crippen LogP contribution is -2.26. The highest BCUT2D eigenvalue weighted by molar-refractivity contribution is 6.30. The second-order valence-corrected chi connectivity index (χ2v) is 7.34. The van der Waals surface area contributed by atoms with E-state index in [9.17, 15) is 9.90 Å². The standard InChI is InChI=1S/C20H25ClN2O2/c1-13-18(11-22-17-5-3-4-6-17)19(20(24)25)14(2)23(13)12-15-7-9-16(21)10-8-15/h7-10,17,22H,3-6,11-12H2,1-2H3,(H,24,25). The lowest BCUT2D eigenvalue weighted by molar-refractivity contribution is 0.0694. The second kappa shape index (κ2) is 7.63. The van der Waals surface area contributed by atoms with E-state index in [0.29, 0.717) is 29.7 Å². The molecule has 2 N–H and O–H groups in total. The number of aromatic carboxylic acids is 1. The van der Waals surface area contributed by atoms with E-state index in [1.54, 1.807) is 0 Å². The van der Waals surface area contributed by atoms with Gasteiger partial charge in [0.25, 0.3) is 0 Å². The van der Waals surface area contributed by atoms with Crippen LogP contribution in [0.1, 0.15) is 58.6 Å². The summed E-state index contributed by atoms with van der Waals surface area (Å²) in [5.74, 6) is -0.848. The van der Waals surface area contributed by atoms with Crippen LogP contribution in [0.4, 0.5) is 0 Å². The molecule has 1 fully saturated rings. The Bertz CT molecular complexity index is 759. The molecule has 134 valence electrons. The van der Waals surface area contributed by atoms with Crippen LogP contribution in [0.5, 0.6) is 0 Å². The molecule has 3 rings (SSSR count). The van der Waals surface area contributed by atoms with Gasteiger partial charge in [-0.25, -0.2) is 4.79 Å². The number of carboxylic acids is 1. The Morgan fingerprint density at radius 1 is 1.20 bits per heavy atom. The van der Waals surface area contributed by atoms with Gasteiger partial charge in [0.15, 0.2) is 0 Å². The zero-order valence-electron chi connectivity index (χ0n) is 14.8. The summed E-state index contributed by atoms with van der Waals surface area (Å²) in [6, 6.07) is 8.22. The summed E-state index contributed by atoms with van der Waals surface area (Å²) in [6.07, 6.45) is 4.90. The number of benzene rings is 1. The molecule has 1 aliphatic rings. The van der Waals surface area contributed by atoms with E-state index in [2.05, 4.69) is 9.88 Å². The fraction of sp³-hybridized carbons (Fsp3) is 0.450. The van der Waals surface area contributed by atoms with Gasteiger partial charge >= 0.3 is 5.97 Å². The molecule has 1 aromatic heterocycles. The summed E-state index contributed by atoms with van der Waals surface area (Å²) in [7, 11) is 0. The Balaban J connectivity index is 1.88. The minimum atomic E-state index is -0.848. The van der Waals surface area contributed by atoms with Crippen molar-refractivity contribution >= 4 is 17.6 Å². The van der Waals surface area contributed by atoms with Crippen molar-refractivity contribution in [2.45, 2.75) is 58.7 Å². The number of carboxylic acid groups (broad SMARTS) is 1. The predicted octanol–water partition coefficient (Wildman–Crippen LogP) is 4.54. The van der Waals surface area contributed by atoms with Crippen LogP contribution < -0.4 is 5.32 Å². The first-order chi connectivity index (χ1) is 12.0. The van der Waals surface area contributed by atoms with Gasteiger partial charge in [-0.05, 0) is 44.4 Å². The van der Waals surface area contributed by atoms with Crippen LogP contribution in [0.3, 0.4) is 0 Å². The molecular formula is C20H25ClN2O2. The summed E-state index contributed by atoms with van der Waals surface area (Å²) in [4.78, 5) is 11.8. The topological polar surface area (TPSA) is 54.3 Å². The molecule has 5 heteroatoms. The van der Waals surface area contributed by atoms with Gasteiger partial charge in [0, 0.05) is 41.1 Å². The Morgan fingerprint density at radius 3 is 2.44 bits per heavy atom. The lowest BCUT2D eigenvalue weighted by atomic mass is 10.1. The van der Waals surface area contributed by atoms with E-state index >= 15 is 0 Å². The third-order valence-electron chi connectivity index (χ3n) is 5.30. The molecule has 4 nitrogen and oxygen atoms in total. The fourth-order valence-corrected chi connectivity index (χ4v) is 3.96. The van der Waals surface area contributed by atoms with Gasteiger partial charge in [-0.15, -0.1) is 0 Å². The maximum Gasteiger partial charge on any atom is 0.337 e. The zero-order chi connectivity index (χ0) is 18.0. The van der Waals surface area contributed by atoms with E-state index in [-0.39, 0.29) is 0 Å². The van der Waals surface area contributed by atoms with Crippen molar-refractivity contribution in [1.29, 1.82) is 0 Å². The molecule has 1 aliphatic carbocycles. The largest absolute Gasteiger partial charge is 0.478 e. The molecule has 2 aromatic rings. The quantitative estimate of drug-likeness (QED) is 0.795. The molecule has 1 saturated carbocycles. The van der Waals surface area contributed by atoms with E-state index in [1.807, 2.05) is 38.1 Å². The molecule has 0 amide bonds. The van der Waals surface area contributed by atoms with Gasteiger partial charge in [-0.3, -0.25) is 0 Å². The number of carbonyl (C=O) groups is 1. The highest BCUT2D eigenvalue weighted by atomic mass is 35.5. The van der Waals surface area contributed by atoms with Gasteiger partial charge in [0.1, 0.15) is 0 Å². The third-order valence-corrected chi connectivity index (χ3v) is 5.55. The predicted molar refractivity (Wildman–Crippen MR) is 101 cm³/mol. The summed E-state index contributed by atoms with van der Waals surface area (Å²) >= 11 is 5.96. The molecule has 1 aromatic carbocycles. The minimum absolute atomic E-state index is 0.442. The summed E-state index contributed by atoms with van der Waals surface area (Å²) in [5.41, 5.74) is 4.29. The molecule has 25 heavy (non-hydrogen) atoms. The minimum Gasteiger partial charge on any atom is -0.478 e. The molecule has 0 bridgehead atoms. The Kier molecular flexibility index (Phi) is 5.50. The normalized spacial score (nSPS) is 15.0. The Hall–Kier alpha value is -1.78. The Labute approximate surface area is 153 Å². The maximum absolute atomic E-state index is 11.8. The molecule has 0 spiro atoms. The molecule has 0 aliphatic heterocycles. The van der Waals surface area contributed by atoms with Crippen molar-refractivity contribution in [3.05, 3.63) is 57.4 Å². The van der Waals surface area contributed by atoms with Gasteiger partial charge < -0.3 is 15.0 Å². The van der Waals surface area contributed by atoms with Crippen molar-refractivity contribution in [3.63, 3.8) is 0 Å². The zero-order valence-corrected chi connectivity index (χ0v) is 15.6. The van der Waals surface area contributed by atoms with Crippen molar-refractivity contribution in [1.82, 2.24) is 9.88 Å². The van der Waals surface area contributed by atoms with Gasteiger partial charge in [-0.2, -0.15) is 0 Å². The maximum atomic E-state index is 11.8. The number of halogens is 1. The molecule has 0 atom stereocenters.